The Kier molecular flexibility index (Phi) is 5.87. The fraction of sp³-hybridized carbons (Fsp3) is 0.222. The molecule has 7 heteroatoms. The number of aromatic nitrogens is 3. The standard InChI is InChI=1S/C27H26FN5S/c1-17-13-21(9-10-23(17)28)33-26(25(31-27(33)34)24-8-4-5-12-30-24)22-14-18(2)32(19(22)3)16-20-7-6-11-29-15-20/h4-15,25-26H,16H2,1-3H3,(H,31,34)/t25-,26-/m1/s1. The second kappa shape index (κ2) is 8.99. The Labute approximate surface area is 204 Å². The Hall–Kier alpha value is -3.58. The second-order valence-electron chi connectivity index (χ2n) is 8.70. The monoisotopic (exact) mass is 471 g/mol. The first-order valence-electron chi connectivity index (χ1n) is 11.3. The Morgan fingerprint density at radius 2 is 1.88 bits per heavy atom. The molecule has 1 N–H and O–H groups in total. The van der Waals surface area contributed by atoms with Gasteiger partial charge in [0.1, 0.15) is 5.82 Å². The number of halogens is 1. The molecule has 2 atom stereocenters. The predicted octanol–water partition coefficient (Wildman–Crippen LogP) is 5.57. The van der Waals surface area contributed by atoms with Crippen molar-refractivity contribution in [3.05, 3.63) is 113 Å². The van der Waals surface area contributed by atoms with E-state index in [0.29, 0.717) is 10.7 Å². The van der Waals surface area contributed by atoms with Gasteiger partial charge in [-0.2, -0.15) is 0 Å². The van der Waals surface area contributed by atoms with Crippen LogP contribution in [0, 0.1) is 26.6 Å². The number of aryl methyl sites for hydroxylation is 2. The SMILES string of the molecule is Cc1cc(N2C(=S)N[C@H](c3ccccn3)[C@H]2c2cc(C)n(Cc3cccnc3)c2C)ccc1F. The van der Waals surface area contributed by atoms with E-state index >= 15 is 0 Å². The highest BCUT2D eigenvalue weighted by atomic mass is 32.1. The van der Waals surface area contributed by atoms with Crippen molar-refractivity contribution in [2.75, 3.05) is 4.90 Å². The number of benzene rings is 1. The molecular formula is C27H26FN5S. The van der Waals surface area contributed by atoms with Crippen molar-refractivity contribution < 1.29 is 4.39 Å². The summed E-state index contributed by atoms with van der Waals surface area (Å²) in [4.78, 5) is 11.0. The molecule has 0 bridgehead atoms. The Bertz CT molecular complexity index is 1340. The van der Waals surface area contributed by atoms with Crippen LogP contribution in [-0.4, -0.2) is 19.6 Å². The van der Waals surface area contributed by atoms with Crippen LogP contribution < -0.4 is 10.2 Å². The second-order valence-corrected chi connectivity index (χ2v) is 9.09. The van der Waals surface area contributed by atoms with E-state index in [4.69, 9.17) is 12.2 Å². The first-order valence-corrected chi connectivity index (χ1v) is 11.7. The Morgan fingerprint density at radius 3 is 2.59 bits per heavy atom. The number of rotatable bonds is 5. The molecule has 0 saturated carbocycles. The minimum absolute atomic E-state index is 0.138. The third-order valence-corrected chi connectivity index (χ3v) is 6.83. The molecule has 172 valence electrons. The van der Waals surface area contributed by atoms with E-state index in [9.17, 15) is 4.39 Å². The number of nitrogens with one attached hydrogen (secondary N) is 1. The molecule has 34 heavy (non-hydrogen) atoms. The minimum atomic E-state index is -0.228. The molecule has 0 radical (unpaired) electrons. The van der Waals surface area contributed by atoms with Gasteiger partial charge in [0, 0.05) is 42.2 Å². The molecule has 4 heterocycles. The molecule has 4 aromatic rings. The van der Waals surface area contributed by atoms with Gasteiger partial charge in [0.2, 0.25) is 0 Å². The van der Waals surface area contributed by atoms with Crippen LogP contribution in [0.3, 0.4) is 0 Å². The molecule has 0 spiro atoms. The van der Waals surface area contributed by atoms with Crippen LogP contribution in [0.1, 0.15) is 45.9 Å². The summed E-state index contributed by atoms with van der Waals surface area (Å²) in [5, 5.41) is 4.09. The fourth-order valence-corrected chi connectivity index (χ4v) is 5.12. The molecule has 1 aromatic carbocycles. The van der Waals surface area contributed by atoms with Gasteiger partial charge in [-0.1, -0.05) is 12.1 Å². The Morgan fingerprint density at radius 1 is 1.03 bits per heavy atom. The normalized spacial score (nSPS) is 17.8. The molecule has 1 fully saturated rings. The molecule has 3 aromatic heterocycles. The number of pyridine rings is 2. The summed E-state index contributed by atoms with van der Waals surface area (Å²) in [6.45, 7) is 6.77. The molecule has 0 amide bonds. The van der Waals surface area contributed by atoms with Crippen molar-refractivity contribution in [1.29, 1.82) is 0 Å². The average molecular weight is 472 g/mol. The lowest BCUT2D eigenvalue weighted by atomic mass is 9.96. The van der Waals surface area contributed by atoms with Gasteiger partial charge in [0.15, 0.2) is 5.11 Å². The topological polar surface area (TPSA) is 46.0 Å². The third kappa shape index (κ3) is 3.96. The number of nitrogens with zero attached hydrogens (tertiary/aromatic N) is 4. The maximum absolute atomic E-state index is 14.1. The van der Waals surface area contributed by atoms with Crippen LogP contribution in [0.4, 0.5) is 10.1 Å². The van der Waals surface area contributed by atoms with Crippen LogP contribution in [0.15, 0.2) is 73.2 Å². The van der Waals surface area contributed by atoms with E-state index in [1.54, 1.807) is 25.4 Å². The highest BCUT2D eigenvalue weighted by Gasteiger charge is 2.42. The smallest absolute Gasteiger partial charge is 0.174 e. The van der Waals surface area contributed by atoms with Gasteiger partial charge in [-0.3, -0.25) is 9.97 Å². The Balaban J connectivity index is 1.63. The van der Waals surface area contributed by atoms with E-state index in [2.05, 4.69) is 50.7 Å². The van der Waals surface area contributed by atoms with E-state index in [1.807, 2.05) is 36.5 Å². The van der Waals surface area contributed by atoms with Gasteiger partial charge in [-0.25, -0.2) is 4.39 Å². The van der Waals surface area contributed by atoms with Crippen LogP contribution in [0.25, 0.3) is 0 Å². The lowest BCUT2D eigenvalue weighted by Crippen LogP contribution is -2.29. The summed E-state index contributed by atoms with van der Waals surface area (Å²) >= 11 is 5.82. The van der Waals surface area contributed by atoms with Gasteiger partial charge in [0.05, 0.1) is 17.8 Å². The number of hydrogen-bond acceptors (Lipinski definition) is 3. The minimum Gasteiger partial charge on any atom is -0.351 e. The van der Waals surface area contributed by atoms with Crippen molar-refractivity contribution in [3.8, 4) is 0 Å². The van der Waals surface area contributed by atoms with Gasteiger partial charge < -0.3 is 14.8 Å². The zero-order chi connectivity index (χ0) is 23.8. The first-order chi connectivity index (χ1) is 16.4. The van der Waals surface area contributed by atoms with Crippen LogP contribution >= 0.6 is 12.2 Å². The van der Waals surface area contributed by atoms with E-state index < -0.39 is 0 Å². The highest BCUT2D eigenvalue weighted by Crippen LogP contribution is 2.43. The molecule has 5 rings (SSSR count). The largest absolute Gasteiger partial charge is 0.351 e. The summed E-state index contributed by atoms with van der Waals surface area (Å²) in [5.74, 6) is -0.228. The van der Waals surface area contributed by atoms with Crippen LogP contribution in [0.5, 0.6) is 0 Å². The fourth-order valence-electron chi connectivity index (χ4n) is 4.77. The van der Waals surface area contributed by atoms with Crippen LogP contribution in [0.2, 0.25) is 0 Å². The van der Waals surface area contributed by atoms with Crippen molar-refractivity contribution in [3.63, 3.8) is 0 Å². The van der Waals surface area contributed by atoms with Gasteiger partial charge >= 0.3 is 0 Å². The predicted molar refractivity (Wildman–Crippen MR) is 136 cm³/mol. The van der Waals surface area contributed by atoms with Crippen LogP contribution in [-0.2, 0) is 6.54 Å². The molecule has 5 nitrogen and oxygen atoms in total. The van der Waals surface area contributed by atoms with Gasteiger partial charge in [-0.05, 0) is 92.1 Å². The van der Waals surface area contributed by atoms with Crippen molar-refractivity contribution in [2.24, 2.45) is 0 Å². The zero-order valence-electron chi connectivity index (χ0n) is 19.4. The molecule has 1 aliphatic heterocycles. The van der Waals surface area contributed by atoms with Crippen molar-refractivity contribution in [1.82, 2.24) is 19.9 Å². The summed E-state index contributed by atoms with van der Waals surface area (Å²) in [5.41, 5.74) is 6.97. The number of hydrogen-bond donors (Lipinski definition) is 1. The molecule has 0 aliphatic carbocycles. The molecular weight excluding hydrogens is 445 g/mol. The number of thiocarbonyl (C=S) groups is 1. The van der Waals surface area contributed by atoms with Gasteiger partial charge in [0.25, 0.3) is 0 Å². The molecule has 1 saturated heterocycles. The van der Waals surface area contributed by atoms with Crippen molar-refractivity contribution >= 4 is 23.0 Å². The molecule has 1 aliphatic rings. The average Bonchev–Trinajstić information content (AvgIpc) is 3.33. The summed E-state index contributed by atoms with van der Waals surface area (Å²) in [6.07, 6.45) is 5.48. The van der Waals surface area contributed by atoms with E-state index in [1.165, 1.54) is 6.07 Å². The zero-order valence-corrected chi connectivity index (χ0v) is 20.2. The van der Waals surface area contributed by atoms with Crippen molar-refractivity contribution in [2.45, 2.75) is 39.4 Å². The maximum atomic E-state index is 14.1. The summed E-state index contributed by atoms with van der Waals surface area (Å²) in [7, 11) is 0. The highest BCUT2D eigenvalue weighted by molar-refractivity contribution is 7.80. The first kappa shape index (κ1) is 22.2. The van der Waals surface area contributed by atoms with E-state index in [0.717, 1.165) is 40.4 Å². The van der Waals surface area contributed by atoms with Gasteiger partial charge in [-0.15, -0.1) is 0 Å². The quantitative estimate of drug-likeness (QED) is 0.386. The maximum Gasteiger partial charge on any atom is 0.174 e. The van der Waals surface area contributed by atoms with E-state index in [-0.39, 0.29) is 17.9 Å². The lowest BCUT2D eigenvalue weighted by molar-refractivity contribution is 0.563. The summed E-state index contributed by atoms with van der Waals surface area (Å²) < 4.78 is 16.4. The number of anilines is 1. The molecule has 0 unspecified atom stereocenters. The third-order valence-electron chi connectivity index (χ3n) is 6.51. The lowest BCUT2D eigenvalue weighted by Gasteiger charge is -2.28. The summed E-state index contributed by atoms with van der Waals surface area (Å²) in [6, 6.07) is 17.0.